The van der Waals surface area contributed by atoms with Gasteiger partial charge in [-0.25, -0.2) is 9.97 Å². The molecule has 118 valence electrons. The average molecular weight is 302 g/mol. The molecule has 0 radical (unpaired) electrons. The number of unbranched alkanes of at least 4 members (excludes halogenated alkanes) is 1. The number of carbonyl (C=O) groups is 1. The number of fused-ring (bicyclic) bond motifs is 1. The Morgan fingerprint density at radius 1 is 1.41 bits per heavy atom. The van der Waals surface area contributed by atoms with Crippen molar-refractivity contribution >= 4 is 22.8 Å². The first-order chi connectivity index (χ1) is 10.7. The second-order valence-electron chi connectivity index (χ2n) is 6.03. The lowest BCUT2D eigenvalue weighted by Gasteiger charge is -2.34. The number of hydrogen-bond donors (Lipinski definition) is 2. The van der Waals surface area contributed by atoms with Crippen molar-refractivity contribution in [3.63, 3.8) is 0 Å². The first-order valence-electron chi connectivity index (χ1n) is 7.99. The summed E-state index contributed by atoms with van der Waals surface area (Å²) < 4.78 is 0. The van der Waals surface area contributed by atoms with E-state index >= 15 is 0 Å². The highest BCUT2D eigenvalue weighted by atomic mass is 16.4. The highest BCUT2D eigenvalue weighted by Gasteiger charge is 2.22. The number of hydrogen-bond acceptors (Lipinski definition) is 4. The molecule has 0 bridgehead atoms. The molecule has 3 rings (SSSR count). The molecule has 2 aromatic rings. The van der Waals surface area contributed by atoms with E-state index in [4.69, 9.17) is 5.11 Å². The molecule has 6 nitrogen and oxygen atoms in total. The van der Waals surface area contributed by atoms with Gasteiger partial charge in [-0.15, -0.1) is 0 Å². The fourth-order valence-electron chi connectivity index (χ4n) is 3.31. The molecule has 0 aliphatic carbocycles. The number of carboxylic acid groups (broad SMARTS) is 1. The number of rotatable bonds is 6. The molecule has 1 aliphatic rings. The number of piperidine rings is 1. The Hall–Kier alpha value is -2.11. The van der Waals surface area contributed by atoms with E-state index in [0.29, 0.717) is 5.92 Å². The molecule has 1 unspecified atom stereocenters. The second-order valence-corrected chi connectivity index (χ2v) is 6.03. The molecule has 0 amide bonds. The van der Waals surface area contributed by atoms with Crippen LogP contribution in [0.5, 0.6) is 0 Å². The van der Waals surface area contributed by atoms with Crippen molar-refractivity contribution in [1.29, 1.82) is 0 Å². The number of nitrogens with zero attached hydrogens (tertiary/aromatic N) is 3. The Bertz CT molecular complexity index is 640. The standard InChI is InChI=1S/C16H22N4O2/c21-14(22)6-2-1-4-12-5-3-9-20(10-12)16-13-7-8-17-15(13)18-11-19-16/h7-8,11-12H,1-6,9-10H2,(H,21,22)(H,17,18,19). The van der Waals surface area contributed by atoms with Gasteiger partial charge in [0.1, 0.15) is 17.8 Å². The van der Waals surface area contributed by atoms with Crippen molar-refractivity contribution in [2.45, 2.75) is 38.5 Å². The van der Waals surface area contributed by atoms with Crippen molar-refractivity contribution in [2.75, 3.05) is 18.0 Å². The lowest BCUT2D eigenvalue weighted by molar-refractivity contribution is -0.137. The van der Waals surface area contributed by atoms with Crippen molar-refractivity contribution in [2.24, 2.45) is 5.92 Å². The van der Waals surface area contributed by atoms with E-state index in [2.05, 4.69) is 19.9 Å². The molecule has 22 heavy (non-hydrogen) atoms. The molecule has 2 aromatic heterocycles. The molecule has 0 saturated carbocycles. The largest absolute Gasteiger partial charge is 0.481 e. The van der Waals surface area contributed by atoms with Crippen LogP contribution in [0.1, 0.15) is 38.5 Å². The van der Waals surface area contributed by atoms with Gasteiger partial charge in [0.25, 0.3) is 0 Å². The van der Waals surface area contributed by atoms with Crippen molar-refractivity contribution in [3.8, 4) is 0 Å². The predicted molar refractivity (Wildman–Crippen MR) is 84.9 cm³/mol. The Balaban J connectivity index is 1.61. The number of aliphatic carboxylic acids is 1. The van der Waals surface area contributed by atoms with Crippen molar-refractivity contribution in [1.82, 2.24) is 15.0 Å². The van der Waals surface area contributed by atoms with Crippen LogP contribution in [0.3, 0.4) is 0 Å². The minimum atomic E-state index is -0.693. The van der Waals surface area contributed by atoms with Crippen LogP contribution in [0.15, 0.2) is 18.6 Å². The zero-order valence-corrected chi connectivity index (χ0v) is 12.7. The first kappa shape index (κ1) is 14.8. The van der Waals surface area contributed by atoms with Gasteiger partial charge >= 0.3 is 5.97 Å². The molecule has 6 heteroatoms. The molecule has 3 heterocycles. The highest BCUT2D eigenvalue weighted by molar-refractivity contribution is 5.87. The smallest absolute Gasteiger partial charge is 0.303 e. The Morgan fingerprint density at radius 2 is 2.32 bits per heavy atom. The quantitative estimate of drug-likeness (QED) is 0.802. The SMILES string of the molecule is O=C(O)CCCCC1CCCN(c2ncnc3[nH]ccc23)C1. The van der Waals surface area contributed by atoms with Crippen LogP contribution in [0.4, 0.5) is 5.82 Å². The normalized spacial score (nSPS) is 18.7. The van der Waals surface area contributed by atoms with Crippen molar-refractivity contribution in [3.05, 3.63) is 18.6 Å². The van der Waals surface area contributed by atoms with Gasteiger partial charge in [-0.05, 0) is 37.7 Å². The number of anilines is 1. The summed E-state index contributed by atoms with van der Waals surface area (Å²) in [6.45, 7) is 2.04. The molecule has 0 spiro atoms. The fourth-order valence-corrected chi connectivity index (χ4v) is 3.31. The topological polar surface area (TPSA) is 82.1 Å². The summed E-state index contributed by atoms with van der Waals surface area (Å²) in [5.41, 5.74) is 0.883. The minimum absolute atomic E-state index is 0.284. The molecule has 1 aliphatic heterocycles. The van der Waals surface area contributed by atoms with Crippen LogP contribution < -0.4 is 4.90 Å². The number of aromatic nitrogens is 3. The third kappa shape index (κ3) is 3.37. The van der Waals surface area contributed by atoms with Crippen LogP contribution in [0.2, 0.25) is 0 Å². The lowest BCUT2D eigenvalue weighted by Crippen LogP contribution is -2.36. The van der Waals surface area contributed by atoms with Gasteiger partial charge in [0.15, 0.2) is 0 Å². The van der Waals surface area contributed by atoms with Gasteiger partial charge < -0.3 is 15.0 Å². The first-order valence-corrected chi connectivity index (χ1v) is 7.99. The summed E-state index contributed by atoms with van der Waals surface area (Å²) in [6.07, 6.45) is 9.07. The lowest BCUT2D eigenvalue weighted by atomic mass is 9.92. The number of H-pyrrole nitrogens is 1. The average Bonchev–Trinajstić information content (AvgIpc) is 3.00. The summed E-state index contributed by atoms with van der Waals surface area (Å²) >= 11 is 0. The molecule has 1 saturated heterocycles. The number of carboxylic acids is 1. The van der Waals surface area contributed by atoms with Crippen LogP contribution >= 0.6 is 0 Å². The van der Waals surface area contributed by atoms with E-state index in [0.717, 1.165) is 49.2 Å². The van der Waals surface area contributed by atoms with Crippen LogP contribution in [-0.2, 0) is 4.79 Å². The van der Waals surface area contributed by atoms with Crippen LogP contribution in [-0.4, -0.2) is 39.1 Å². The summed E-state index contributed by atoms with van der Waals surface area (Å²) in [5, 5.41) is 9.77. The van der Waals surface area contributed by atoms with E-state index < -0.39 is 5.97 Å². The number of aromatic amines is 1. The monoisotopic (exact) mass is 302 g/mol. The third-order valence-electron chi connectivity index (χ3n) is 4.40. The maximum Gasteiger partial charge on any atom is 0.303 e. The molecule has 1 atom stereocenters. The van der Waals surface area contributed by atoms with Crippen LogP contribution in [0.25, 0.3) is 11.0 Å². The Labute approximate surface area is 129 Å². The molecular formula is C16H22N4O2. The van der Waals surface area contributed by atoms with Crippen molar-refractivity contribution < 1.29 is 9.90 Å². The third-order valence-corrected chi connectivity index (χ3v) is 4.40. The van der Waals surface area contributed by atoms with E-state index in [1.165, 1.54) is 12.8 Å². The fraction of sp³-hybridized carbons (Fsp3) is 0.562. The molecule has 1 fully saturated rings. The second kappa shape index (κ2) is 6.77. The summed E-state index contributed by atoms with van der Waals surface area (Å²) in [5.74, 6) is 0.953. The van der Waals surface area contributed by atoms with Gasteiger partial charge in [0.05, 0.1) is 5.39 Å². The zero-order valence-electron chi connectivity index (χ0n) is 12.7. The van der Waals surface area contributed by atoms with Gasteiger partial charge in [-0.2, -0.15) is 0 Å². The maximum atomic E-state index is 10.6. The summed E-state index contributed by atoms with van der Waals surface area (Å²) in [6, 6.07) is 2.03. The minimum Gasteiger partial charge on any atom is -0.481 e. The highest BCUT2D eigenvalue weighted by Crippen LogP contribution is 2.28. The zero-order chi connectivity index (χ0) is 15.4. The van der Waals surface area contributed by atoms with E-state index in [1.54, 1.807) is 6.33 Å². The predicted octanol–water partition coefficient (Wildman–Crippen LogP) is 2.82. The number of nitrogens with one attached hydrogen (secondary N) is 1. The van der Waals surface area contributed by atoms with E-state index in [9.17, 15) is 4.79 Å². The Kier molecular flexibility index (Phi) is 4.56. The maximum absolute atomic E-state index is 10.6. The van der Waals surface area contributed by atoms with E-state index in [1.807, 2.05) is 12.3 Å². The van der Waals surface area contributed by atoms with E-state index in [-0.39, 0.29) is 6.42 Å². The summed E-state index contributed by atoms with van der Waals surface area (Å²) in [4.78, 5) is 24.8. The molecule has 2 N–H and O–H groups in total. The van der Waals surface area contributed by atoms with Gasteiger partial charge in [0, 0.05) is 25.7 Å². The van der Waals surface area contributed by atoms with Gasteiger partial charge in [0.2, 0.25) is 0 Å². The molecule has 0 aromatic carbocycles. The van der Waals surface area contributed by atoms with Gasteiger partial charge in [-0.1, -0.05) is 6.42 Å². The summed E-state index contributed by atoms with van der Waals surface area (Å²) in [7, 11) is 0. The van der Waals surface area contributed by atoms with Crippen LogP contribution in [0, 0.1) is 5.92 Å². The molecular weight excluding hydrogens is 280 g/mol. The Morgan fingerprint density at radius 3 is 3.18 bits per heavy atom. The van der Waals surface area contributed by atoms with Gasteiger partial charge in [-0.3, -0.25) is 4.79 Å².